The highest BCUT2D eigenvalue weighted by Crippen LogP contribution is 2.26. The van der Waals surface area contributed by atoms with Gasteiger partial charge in [0.05, 0.1) is 10.4 Å². The molecule has 0 saturated heterocycles. The molecule has 0 saturated carbocycles. The van der Waals surface area contributed by atoms with Crippen LogP contribution in [-0.4, -0.2) is 5.11 Å². The van der Waals surface area contributed by atoms with Gasteiger partial charge in [0.25, 0.3) is 0 Å². The minimum atomic E-state index is -0.450. The second-order valence-electron chi connectivity index (χ2n) is 4.20. The van der Waals surface area contributed by atoms with E-state index in [4.69, 9.17) is 16.3 Å². The second-order valence-corrected chi connectivity index (χ2v) is 6.00. The quantitative estimate of drug-likeness (QED) is 0.904. The maximum absolute atomic E-state index is 9.50. The lowest BCUT2D eigenvalue weighted by atomic mass is 10.1. The SMILES string of the molecule is Cc1cc([C@H](C)O)ccc1OCc1ccc(Cl)s1. The van der Waals surface area contributed by atoms with Gasteiger partial charge in [0, 0.05) is 4.88 Å². The predicted molar refractivity (Wildman–Crippen MR) is 75.5 cm³/mol. The van der Waals surface area contributed by atoms with E-state index >= 15 is 0 Å². The molecule has 0 aliphatic carbocycles. The molecule has 0 fully saturated rings. The van der Waals surface area contributed by atoms with E-state index in [1.54, 1.807) is 6.92 Å². The first-order chi connectivity index (χ1) is 8.56. The van der Waals surface area contributed by atoms with E-state index in [-0.39, 0.29) is 0 Å². The van der Waals surface area contributed by atoms with E-state index in [0.29, 0.717) is 6.61 Å². The number of halogens is 1. The number of ether oxygens (including phenoxy) is 1. The molecule has 1 heterocycles. The molecule has 0 amide bonds. The third-order valence-corrected chi connectivity index (χ3v) is 3.88. The molecule has 1 aromatic heterocycles. The molecular weight excluding hydrogens is 268 g/mol. The van der Waals surface area contributed by atoms with Crippen LogP contribution in [-0.2, 0) is 6.61 Å². The van der Waals surface area contributed by atoms with Crippen LogP contribution in [0.15, 0.2) is 30.3 Å². The topological polar surface area (TPSA) is 29.5 Å². The highest BCUT2D eigenvalue weighted by molar-refractivity contribution is 7.16. The van der Waals surface area contributed by atoms with Crippen LogP contribution in [0, 0.1) is 6.92 Å². The fourth-order valence-corrected chi connectivity index (χ4v) is 2.67. The van der Waals surface area contributed by atoms with Crippen molar-refractivity contribution in [1.29, 1.82) is 0 Å². The van der Waals surface area contributed by atoms with Crippen LogP contribution in [0.2, 0.25) is 4.34 Å². The Kier molecular flexibility index (Phi) is 4.27. The van der Waals surface area contributed by atoms with Crippen LogP contribution in [0.1, 0.15) is 29.0 Å². The van der Waals surface area contributed by atoms with Crippen molar-refractivity contribution in [2.45, 2.75) is 26.6 Å². The van der Waals surface area contributed by atoms with Gasteiger partial charge < -0.3 is 9.84 Å². The highest BCUT2D eigenvalue weighted by atomic mass is 35.5. The Bertz CT molecular complexity index is 534. The van der Waals surface area contributed by atoms with Crippen molar-refractivity contribution in [2.75, 3.05) is 0 Å². The summed E-state index contributed by atoms with van der Waals surface area (Å²) in [5.41, 5.74) is 1.93. The van der Waals surface area contributed by atoms with Gasteiger partial charge in [-0.05, 0) is 49.2 Å². The Balaban J connectivity index is 2.05. The molecule has 2 nitrogen and oxygen atoms in total. The first-order valence-electron chi connectivity index (χ1n) is 5.72. The van der Waals surface area contributed by atoms with Gasteiger partial charge in [0.1, 0.15) is 12.4 Å². The average Bonchev–Trinajstić information content (AvgIpc) is 2.73. The minimum absolute atomic E-state index is 0.450. The van der Waals surface area contributed by atoms with Gasteiger partial charge >= 0.3 is 0 Å². The van der Waals surface area contributed by atoms with Gasteiger partial charge in [-0.1, -0.05) is 17.7 Å². The van der Waals surface area contributed by atoms with Crippen molar-refractivity contribution in [3.8, 4) is 5.75 Å². The summed E-state index contributed by atoms with van der Waals surface area (Å²) in [6, 6.07) is 9.56. The molecular formula is C14H15ClO2S. The maximum atomic E-state index is 9.50. The normalized spacial score (nSPS) is 12.4. The largest absolute Gasteiger partial charge is 0.488 e. The Morgan fingerprint density at radius 2 is 2.11 bits per heavy atom. The lowest BCUT2D eigenvalue weighted by molar-refractivity contribution is 0.199. The summed E-state index contributed by atoms with van der Waals surface area (Å²) in [6.07, 6.45) is -0.450. The molecule has 2 rings (SSSR count). The molecule has 0 spiro atoms. The highest BCUT2D eigenvalue weighted by Gasteiger charge is 2.06. The number of benzene rings is 1. The molecule has 4 heteroatoms. The lowest BCUT2D eigenvalue weighted by Crippen LogP contribution is -1.97. The number of thiophene rings is 1. The van der Waals surface area contributed by atoms with E-state index in [1.807, 2.05) is 37.3 Å². The third kappa shape index (κ3) is 3.25. The molecule has 96 valence electrons. The molecule has 18 heavy (non-hydrogen) atoms. The smallest absolute Gasteiger partial charge is 0.123 e. The summed E-state index contributed by atoms with van der Waals surface area (Å²) in [5.74, 6) is 0.837. The Morgan fingerprint density at radius 3 is 2.67 bits per heavy atom. The van der Waals surface area contributed by atoms with E-state index in [2.05, 4.69) is 0 Å². The van der Waals surface area contributed by atoms with Crippen molar-refractivity contribution in [3.63, 3.8) is 0 Å². The van der Waals surface area contributed by atoms with E-state index in [9.17, 15) is 5.11 Å². The van der Waals surface area contributed by atoms with Crippen molar-refractivity contribution in [2.24, 2.45) is 0 Å². The molecule has 1 N–H and O–H groups in total. The minimum Gasteiger partial charge on any atom is -0.488 e. The number of aryl methyl sites for hydroxylation is 1. The molecule has 0 radical (unpaired) electrons. The Hall–Kier alpha value is -1.03. The molecule has 0 aliphatic rings. The van der Waals surface area contributed by atoms with Crippen LogP contribution in [0.3, 0.4) is 0 Å². The van der Waals surface area contributed by atoms with Gasteiger partial charge in [-0.15, -0.1) is 11.3 Å². The molecule has 1 aromatic carbocycles. The average molecular weight is 283 g/mol. The first kappa shape index (κ1) is 13.4. The van der Waals surface area contributed by atoms with Crippen molar-refractivity contribution in [3.05, 3.63) is 50.7 Å². The maximum Gasteiger partial charge on any atom is 0.123 e. The zero-order valence-corrected chi connectivity index (χ0v) is 11.9. The number of rotatable bonds is 4. The Morgan fingerprint density at radius 1 is 1.33 bits per heavy atom. The van der Waals surface area contributed by atoms with Crippen LogP contribution >= 0.6 is 22.9 Å². The second kappa shape index (κ2) is 5.74. The fourth-order valence-electron chi connectivity index (χ4n) is 1.67. The van der Waals surface area contributed by atoms with Crippen LogP contribution in [0.25, 0.3) is 0 Å². The summed E-state index contributed by atoms with van der Waals surface area (Å²) >= 11 is 7.39. The monoisotopic (exact) mass is 282 g/mol. The van der Waals surface area contributed by atoms with Gasteiger partial charge in [-0.25, -0.2) is 0 Å². The van der Waals surface area contributed by atoms with E-state index in [0.717, 1.165) is 26.1 Å². The van der Waals surface area contributed by atoms with Crippen LogP contribution < -0.4 is 4.74 Å². The van der Waals surface area contributed by atoms with Gasteiger partial charge in [-0.3, -0.25) is 0 Å². The number of hydrogen-bond donors (Lipinski definition) is 1. The molecule has 0 aliphatic heterocycles. The van der Waals surface area contributed by atoms with Gasteiger partial charge in [-0.2, -0.15) is 0 Å². The lowest BCUT2D eigenvalue weighted by Gasteiger charge is -2.11. The summed E-state index contributed by atoms with van der Waals surface area (Å²) in [7, 11) is 0. The van der Waals surface area contributed by atoms with Crippen molar-refractivity contribution < 1.29 is 9.84 Å². The first-order valence-corrected chi connectivity index (χ1v) is 6.91. The predicted octanol–water partition coefficient (Wildman–Crippen LogP) is 4.34. The zero-order valence-electron chi connectivity index (χ0n) is 10.3. The van der Waals surface area contributed by atoms with E-state index < -0.39 is 6.10 Å². The van der Waals surface area contributed by atoms with Crippen molar-refractivity contribution >= 4 is 22.9 Å². The fraction of sp³-hybridized carbons (Fsp3) is 0.286. The number of aliphatic hydroxyl groups excluding tert-OH is 1. The summed E-state index contributed by atoms with van der Waals surface area (Å²) in [6.45, 7) is 4.25. The van der Waals surface area contributed by atoms with Gasteiger partial charge in [0.15, 0.2) is 0 Å². The summed E-state index contributed by atoms with van der Waals surface area (Å²) in [4.78, 5) is 1.10. The zero-order chi connectivity index (χ0) is 13.1. The molecule has 0 unspecified atom stereocenters. The third-order valence-electron chi connectivity index (χ3n) is 2.68. The van der Waals surface area contributed by atoms with Crippen LogP contribution in [0.4, 0.5) is 0 Å². The Labute approximate surface area is 116 Å². The molecule has 0 bridgehead atoms. The standard InChI is InChI=1S/C14H15ClO2S/c1-9-7-11(10(2)16)3-5-13(9)17-8-12-4-6-14(15)18-12/h3-7,10,16H,8H2,1-2H3/t10-/m0/s1. The number of hydrogen-bond acceptors (Lipinski definition) is 3. The molecule has 1 atom stereocenters. The van der Waals surface area contributed by atoms with Crippen LogP contribution in [0.5, 0.6) is 5.75 Å². The van der Waals surface area contributed by atoms with Gasteiger partial charge in [0.2, 0.25) is 0 Å². The summed E-state index contributed by atoms with van der Waals surface area (Å²) in [5, 5.41) is 9.50. The van der Waals surface area contributed by atoms with Crippen molar-refractivity contribution in [1.82, 2.24) is 0 Å². The number of aliphatic hydroxyl groups is 1. The van der Waals surface area contributed by atoms with E-state index in [1.165, 1.54) is 11.3 Å². The molecule has 2 aromatic rings. The summed E-state index contributed by atoms with van der Waals surface area (Å²) < 4.78 is 6.51.